The van der Waals surface area contributed by atoms with Crippen LogP contribution in [0.5, 0.6) is 5.75 Å². The molecule has 0 N–H and O–H groups in total. The van der Waals surface area contributed by atoms with Crippen LogP contribution in [0.25, 0.3) is 6.08 Å². The van der Waals surface area contributed by atoms with E-state index in [0.29, 0.717) is 31.9 Å². The van der Waals surface area contributed by atoms with Crippen molar-refractivity contribution in [2.75, 3.05) is 6.61 Å². The SMILES string of the molecule is CCOC(=O)C1=C(C)N=c2sc(=Cc3ccc(C)cc3)c(=O)n2[C@H]1c1ccc(OC(C)=O)cc1. The lowest BCUT2D eigenvalue weighted by molar-refractivity contribution is -0.139. The summed E-state index contributed by atoms with van der Waals surface area (Å²) >= 11 is 1.27. The highest BCUT2D eigenvalue weighted by molar-refractivity contribution is 7.07. The fraction of sp³-hybridized carbons (Fsp3) is 0.231. The molecule has 0 fully saturated rings. The van der Waals surface area contributed by atoms with Gasteiger partial charge in [0.05, 0.1) is 28.5 Å². The largest absolute Gasteiger partial charge is 0.463 e. The third-order valence-corrected chi connectivity index (χ3v) is 6.33. The summed E-state index contributed by atoms with van der Waals surface area (Å²) in [6.45, 7) is 7.00. The summed E-state index contributed by atoms with van der Waals surface area (Å²) in [6, 6.07) is 13.9. The van der Waals surface area contributed by atoms with Crippen LogP contribution in [-0.2, 0) is 14.3 Å². The summed E-state index contributed by atoms with van der Waals surface area (Å²) in [5.74, 6) is -0.577. The van der Waals surface area contributed by atoms with Crippen LogP contribution in [0.1, 0.15) is 43.5 Å². The Hall–Kier alpha value is -3.78. The molecule has 1 atom stereocenters. The normalized spacial score (nSPS) is 15.5. The lowest BCUT2D eigenvalue weighted by atomic mass is 9.96. The number of aromatic nitrogens is 1. The van der Waals surface area contributed by atoms with Crippen molar-refractivity contribution in [2.24, 2.45) is 4.99 Å². The van der Waals surface area contributed by atoms with Crippen LogP contribution >= 0.6 is 11.3 Å². The first-order chi connectivity index (χ1) is 16.3. The van der Waals surface area contributed by atoms with E-state index in [-0.39, 0.29) is 12.2 Å². The van der Waals surface area contributed by atoms with Gasteiger partial charge in [0.2, 0.25) is 0 Å². The van der Waals surface area contributed by atoms with Crippen LogP contribution in [0, 0.1) is 6.92 Å². The van der Waals surface area contributed by atoms with Gasteiger partial charge in [-0.15, -0.1) is 0 Å². The zero-order chi connectivity index (χ0) is 24.4. The average molecular weight is 477 g/mol. The van der Waals surface area contributed by atoms with Gasteiger partial charge in [-0.05, 0) is 50.1 Å². The van der Waals surface area contributed by atoms with Gasteiger partial charge in [-0.25, -0.2) is 9.79 Å². The van der Waals surface area contributed by atoms with Crippen molar-refractivity contribution >= 4 is 29.4 Å². The summed E-state index contributed by atoms with van der Waals surface area (Å²) in [7, 11) is 0. The van der Waals surface area contributed by atoms with E-state index in [1.165, 1.54) is 22.8 Å². The molecule has 2 heterocycles. The second kappa shape index (κ2) is 9.61. The number of allylic oxidation sites excluding steroid dienone is 1. The van der Waals surface area contributed by atoms with Gasteiger partial charge in [0.25, 0.3) is 5.56 Å². The number of rotatable bonds is 5. The molecule has 0 unspecified atom stereocenters. The second-order valence-corrected chi connectivity index (χ2v) is 8.88. The Morgan fingerprint density at radius 3 is 2.38 bits per heavy atom. The molecule has 1 aromatic heterocycles. The Bertz CT molecular complexity index is 1460. The highest BCUT2D eigenvalue weighted by Crippen LogP contribution is 2.31. The van der Waals surface area contributed by atoms with Gasteiger partial charge in [-0.3, -0.25) is 14.2 Å². The van der Waals surface area contributed by atoms with Gasteiger partial charge >= 0.3 is 11.9 Å². The van der Waals surface area contributed by atoms with Crippen LogP contribution < -0.4 is 19.6 Å². The van der Waals surface area contributed by atoms with Crippen molar-refractivity contribution in [3.8, 4) is 5.75 Å². The summed E-state index contributed by atoms with van der Waals surface area (Å²) < 4.78 is 12.5. The van der Waals surface area contributed by atoms with Crippen molar-refractivity contribution in [2.45, 2.75) is 33.7 Å². The first kappa shape index (κ1) is 23.4. The molecule has 0 saturated heterocycles. The minimum Gasteiger partial charge on any atom is -0.463 e. The van der Waals surface area contributed by atoms with E-state index in [0.717, 1.165) is 11.1 Å². The van der Waals surface area contributed by atoms with Crippen molar-refractivity contribution in [1.29, 1.82) is 0 Å². The third-order valence-electron chi connectivity index (χ3n) is 5.35. The predicted octanol–water partition coefficient (Wildman–Crippen LogP) is 3.03. The van der Waals surface area contributed by atoms with Crippen LogP contribution in [-0.4, -0.2) is 23.1 Å². The molecule has 4 rings (SSSR count). The number of aryl methyl sites for hydroxylation is 1. The molecule has 34 heavy (non-hydrogen) atoms. The van der Waals surface area contributed by atoms with Gasteiger partial charge in [-0.1, -0.05) is 53.3 Å². The molecular weight excluding hydrogens is 452 g/mol. The van der Waals surface area contributed by atoms with Gasteiger partial charge in [0, 0.05) is 6.92 Å². The number of nitrogens with zero attached hydrogens (tertiary/aromatic N) is 2. The van der Waals surface area contributed by atoms with Gasteiger partial charge in [-0.2, -0.15) is 0 Å². The van der Waals surface area contributed by atoms with E-state index in [1.807, 2.05) is 37.3 Å². The van der Waals surface area contributed by atoms with Crippen LogP contribution in [0.4, 0.5) is 0 Å². The van der Waals surface area contributed by atoms with Gasteiger partial charge < -0.3 is 9.47 Å². The topological polar surface area (TPSA) is 87.0 Å². The van der Waals surface area contributed by atoms with Crippen LogP contribution in [0.3, 0.4) is 0 Å². The van der Waals surface area contributed by atoms with E-state index in [4.69, 9.17) is 9.47 Å². The maximum absolute atomic E-state index is 13.6. The molecule has 8 heteroatoms. The average Bonchev–Trinajstić information content (AvgIpc) is 3.09. The Morgan fingerprint density at radius 1 is 1.09 bits per heavy atom. The third kappa shape index (κ3) is 4.63. The summed E-state index contributed by atoms with van der Waals surface area (Å²) in [5.41, 5.74) is 3.26. The number of fused-ring (bicyclic) bond motifs is 1. The summed E-state index contributed by atoms with van der Waals surface area (Å²) in [5, 5.41) is 0. The maximum atomic E-state index is 13.6. The van der Waals surface area contributed by atoms with Crippen LogP contribution in [0.2, 0.25) is 0 Å². The minimum atomic E-state index is -0.721. The molecule has 0 radical (unpaired) electrons. The molecule has 0 saturated carbocycles. The number of ether oxygens (including phenoxy) is 2. The summed E-state index contributed by atoms with van der Waals surface area (Å²) in [4.78, 5) is 42.8. The quantitative estimate of drug-likeness (QED) is 0.417. The van der Waals surface area contributed by atoms with E-state index in [9.17, 15) is 14.4 Å². The number of hydrogen-bond donors (Lipinski definition) is 0. The Morgan fingerprint density at radius 2 is 1.76 bits per heavy atom. The molecular formula is C26H24N2O5S. The number of esters is 2. The predicted molar refractivity (Wildman–Crippen MR) is 129 cm³/mol. The monoisotopic (exact) mass is 476 g/mol. The molecule has 7 nitrogen and oxygen atoms in total. The highest BCUT2D eigenvalue weighted by atomic mass is 32.1. The smallest absolute Gasteiger partial charge is 0.338 e. The van der Waals surface area contributed by atoms with E-state index >= 15 is 0 Å². The van der Waals surface area contributed by atoms with Crippen molar-refractivity contribution in [3.05, 3.63) is 96.2 Å². The Kier molecular flexibility index (Phi) is 6.61. The number of benzene rings is 2. The molecule has 174 valence electrons. The molecule has 3 aromatic rings. The molecule has 1 aliphatic heterocycles. The lowest BCUT2D eigenvalue weighted by Crippen LogP contribution is -2.39. The van der Waals surface area contributed by atoms with Crippen molar-refractivity contribution in [1.82, 2.24) is 4.57 Å². The van der Waals surface area contributed by atoms with Crippen molar-refractivity contribution < 1.29 is 19.1 Å². The zero-order valence-corrected chi connectivity index (χ0v) is 20.1. The van der Waals surface area contributed by atoms with Crippen LogP contribution in [0.15, 0.2) is 69.6 Å². The number of thiazole rings is 1. The standard InChI is InChI=1S/C26H24N2O5S/c1-5-32-25(31)22-16(3)27-26-28(23(22)19-10-12-20(13-11-19)33-17(4)29)24(30)21(34-26)14-18-8-6-15(2)7-9-18/h6-14,23H,5H2,1-4H3/t23-/m0/s1. The molecule has 1 aliphatic rings. The molecule has 0 aliphatic carbocycles. The molecule has 0 bridgehead atoms. The second-order valence-electron chi connectivity index (χ2n) is 7.88. The molecule has 2 aromatic carbocycles. The van der Waals surface area contributed by atoms with E-state index in [1.54, 1.807) is 38.1 Å². The number of carbonyl (C=O) groups is 2. The Labute approximate surface area is 200 Å². The van der Waals surface area contributed by atoms with Crippen molar-refractivity contribution in [3.63, 3.8) is 0 Å². The first-order valence-corrected chi connectivity index (χ1v) is 11.6. The number of carbonyl (C=O) groups excluding carboxylic acids is 2. The lowest BCUT2D eigenvalue weighted by Gasteiger charge is -2.24. The van der Waals surface area contributed by atoms with E-state index < -0.39 is 18.0 Å². The number of hydrogen-bond acceptors (Lipinski definition) is 7. The maximum Gasteiger partial charge on any atom is 0.338 e. The molecule has 0 amide bonds. The van der Waals surface area contributed by atoms with Gasteiger partial charge in [0.1, 0.15) is 5.75 Å². The minimum absolute atomic E-state index is 0.200. The summed E-state index contributed by atoms with van der Waals surface area (Å²) in [6.07, 6.45) is 1.83. The fourth-order valence-corrected chi connectivity index (χ4v) is 4.85. The zero-order valence-electron chi connectivity index (χ0n) is 19.3. The Balaban J connectivity index is 1.89. The fourth-order valence-electron chi connectivity index (χ4n) is 3.81. The van der Waals surface area contributed by atoms with Gasteiger partial charge in [0.15, 0.2) is 4.80 Å². The molecule has 0 spiro atoms. The van der Waals surface area contributed by atoms with E-state index in [2.05, 4.69) is 4.99 Å². The first-order valence-electron chi connectivity index (χ1n) is 10.8. The highest BCUT2D eigenvalue weighted by Gasteiger charge is 2.33.